The highest BCUT2D eigenvalue weighted by Gasteiger charge is 2.23. The van der Waals surface area contributed by atoms with Crippen molar-refractivity contribution in [2.45, 2.75) is 27.3 Å². The maximum Gasteiger partial charge on any atom is 0.253 e. The van der Waals surface area contributed by atoms with Gasteiger partial charge in [0.15, 0.2) is 5.82 Å². The van der Waals surface area contributed by atoms with E-state index in [0.717, 1.165) is 35.7 Å². The third kappa shape index (κ3) is 3.68. The van der Waals surface area contributed by atoms with Crippen LogP contribution in [0.25, 0.3) is 11.1 Å². The molecule has 0 unspecified atom stereocenters. The van der Waals surface area contributed by atoms with Gasteiger partial charge in [0.05, 0.1) is 12.2 Å². The van der Waals surface area contributed by atoms with Crippen molar-refractivity contribution in [3.8, 4) is 11.1 Å². The molecule has 0 atom stereocenters. The lowest BCUT2D eigenvalue weighted by Crippen LogP contribution is -2.48. The summed E-state index contributed by atoms with van der Waals surface area (Å²) in [6, 6.07) is 7.67. The van der Waals surface area contributed by atoms with Gasteiger partial charge in [0.2, 0.25) is 5.89 Å². The van der Waals surface area contributed by atoms with Gasteiger partial charge in [-0.05, 0) is 31.5 Å². The molecule has 0 radical (unpaired) electrons. The Morgan fingerprint density at radius 2 is 1.86 bits per heavy atom. The molecular formula is C20H23N5O3. The smallest absolute Gasteiger partial charge is 0.253 e. The number of hydrogen-bond donors (Lipinski definition) is 0. The summed E-state index contributed by atoms with van der Waals surface area (Å²) in [5.41, 5.74) is 3.41. The molecule has 8 heteroatoms. The standard InChI is InChI=1S/C20H23N5O3/c1-13-19(14(2)27-22-13)16-5-4-6-17(11-16)20(26)25-9-7-24(8-10-25)12-18-21-15(3)28-23-18/h4-6,11H,7-10,12H2,1-3H3. The summed E-state index contributed by atoms with van der Waals surface area (Å²) in [7, 11) is 0. The number of piperazine rings is 1. The minimum Gasteiger partial charge on any atom is -0.361 e. The highest BCUT2D eigenvalue weighted by Crippen LogP contribution is 2.27. The molecule has 2 aromatic heterocycles. The second-order valence-corrected chi connectivity index (χ2v) is 7.08. The first kappa shape index (κ1) is 18.4. The van der Waals surface area contributed by atoms with Crippen LogP contribution >= 0.6 is 0 Å². The van der Waals surface area contributed by atoms with Gasteiger partial charge in [-0.2, -0.15) is 4.98 Å². The van der Waals surface area contributed by atoms with Crippen molar-refractivity contribution in [1.82, 2.24) is 25.1 Å². The first-order chi connectivity index (χ1) is 13.5. The lowest BCUT2D eigenvalue weighted by Gasteiger charge is -2.34. The van der Waals surface area contributed by atoms with Crippen LogP contribution < -0.4 is 0 Å². The molecule has 146 valence electrons. The predicted octanol–water partition coefficient (Wildman–Crippen LogP) is 2.61. The Morgan fingerprint density at radius 1 is 1.07 bits per heavy atom. The van der Waals surface area contributed by atoms with Crippen LogP contribution in [0.3, 0.4) is 0 Å². The Morgan fingerprint density at radius 3 is 2.50 bits per heavy atom. The summed E-state index contributed by atoms with van der Waals surface area (Å²) < 4.78 is 10.3. The summed E-state index contributed by atoms with van der Waals surface area (Å²) in [6.07, 6.45) is 0. The predicted molar refractivity (Wildman–Crippen MR) is 102 cm³/mol. The molecule has 0 aliphatic carbocycles. The molecule has 28 heavy (non-hydrogen) atoms. The summed E-state index contributed by atoms with van der Waals surface area (Å²) in [4.78, 5) is 21.4. The fourth-order valence-corrected chi connectivity index (χ4v) is 3.60. The molecule has 1 fully saturated rings. The Balaban J connectivity index is 1.42. The first-order valence-corrected chi connectivity index (χ1v) is 9.35. The van der Waals surface area contributed by atoms with Crippen LogP contribution in [0, 0.1) is 20.8 Å². The number of aromatic nitrogens is 3. The van der Waals surface area contributed by atoms with Crippen LogP contribution in [0.15, 0.2) is 33.3 Å². The Kier molecular flexibility index (Phi) is 4.95. The largest absolute Gasteiger partial charge is 0.361 e. The van der Waals surface area contributed by atoms with Crippen molar-refractivity contribution in [2.24, 2.45) is 0 Å². The van der Waals surface area contributed by atoms with Crippen LogP contribution in [0.4, 0.5) is 0 Å². The second-order valence-electron chi connectivity index (χ2n) is 7.08. The van der Waals surface area contributed by atoms with Gasteiger partial charge >= 0.3 is 0 Å². The number of rotatable bonds is 4. The van der Waals surface area contributed by atoms with Crippen LogP contribution in [0.2, 0.25) is 0 Å². The summed E-state index contributed by atoms with van der Waals surface area (Å²) in [5, 5.41) is 7.95. The fourth-order valence-electron chi connectivity index (χ4n) is 3.60. The first-order valence-electron chi connectivity index (χ1n) is 9.35. The maximum absolute atomic E-state index is 13.0. The van der Waals surface area contributed by atoms with E-state index in [1.165, 1.54) is 0 Å². The molecule has 1 aromatic carbocycles. The van der Waals surface area contributed by atoms with Gasteiger partial charge in [0.25, 0.3) is 5.91 Å². The monoisotopic (exact) mass is 381 g/mol. The molecule has 4 rings (SSSR count). The normalized spacial score (nSPS) is 15.2. The molecule has 1 amide bonds. The average molecular weight is 381 g/mol. The molecule has 8 nitrogen and oxygen atoms in total. The summed E-state index contributed by atoms with van der Waals surface area (Å²) >= 11 is 0. The SMILES string of the molecule is Cc1nc(CN2CCN(C(=O)c3cccc(-c4c(C)noc4C)c3)CC2)no1. The van der Waals surface area contributed by atoms with Gasteiger partial charge in [-0.1, -0.05) is 22.4 Å². The van der Waals surface area contributed by atoms with E-state index in [-0.39, 0.29) is 5.91 Å². The summed E-state index contributed by atoms with van der Waals surface area (Å²) in [6.45, 7) is 9.12. The Labute approximate surface area is 163 Å². The molecule has 1 aliphatic rings. The molecule has 0 spiro atoms. The molecule has 0 N–H and O–H groups in total. The van der Waals surface area contributed by atoms with Gasteiger partial charge in [-0.15, -0.1) is 0 Å². The van der Waals surface area contributed by atoms with E-state index >= 15 is 0 Å². The molecule has 0 bridgehead atoms. The fraction of sp³-hybridized carbons (Fsp3) is 0.400. The molecule has 3 aromatic rings. The lowest BCUT2D eigenvalue weighted by molar-refractivity contribution is 0.0624. The van der Waals surface area contributed by atoms with Crippen LogP contribution in [-0.2, 0) is 6.54 Å². The molecule has 3 heterocycles. The number of nitrogens with zero attached hydrogens (tertiary/aromatic N) is 5. The van der Waals surface area contributed by atoms with E-state index in [2.05, 4.69) is 20.2 Å². The van der Waals surface area contributed by atoms with E-state index in [9.17, 15) is 4.79 Å². The van der Waals surface area contributed by atoms with Crippen molar-refractivity contribution >= 4 is 5.91 Å². The van der Waals surface area contributed by atoms with Gasteiger partial charge in [0.1, 0.15) is 5.76 Å². The highest BCUT2D eigenvalue weighted by atomic mass is 16.5. The van der Waals surface area contributed by atoms with E-state index in [0.29, 0.717) is 36.9 Å². The molecule has 0 saturated carbocycles. The minimum absolute atomic E-state index is 0.0451. The molecule has 1 saturated heterocycles. The lowest BCUT2D eigenvalue weighted by atomic mass is 10.0. The Hall–Kier alpha value is -3.00. The van der Waals surface area contributed by atoms with Crippen LogP contribution in [-0.4, -0.2) is 57.2 Å². The van der Waals surface area contributed by atoms with Crippen molar-refractivity contribution in [2.75, 3.05) is 26.2 Å². The number of aryl methyl sites for hydroxylation is 3. The van der Waals surface area contributed by atoms with Gasteiger partial charge in [-0.25, -0.2) is 0 Å². The Bertz CT molecular complexity index is 966. The highest BCUT2D eigenvalue weighted by molar-refractivity contribution is 5.95. The van der Waals surface area contributed by atoms with Crippen molar-refractivity contribution < 1.29 is 13.8 Å². The zero-order chi connectivity index (χ0) is 19.7. The molecular weight excluding hydrogens is 358 g/mol. The van der Waals surface area contributed by atoms with Gasteiger partial charge in [0, 0.05) is 44.2 Å². The number of carbonyl (C=O) groups excluding carboxylic acids is 1. The maximum atomic E-state index is 13.0. The topological polar surface area (TPSA) is 88.5 Å². The zero-order valence-electron chi connectivity index (χ0n) is 16.3. The van der Waals surface area contributed by atoms with Crippen LogP contribution in [0.5, 0.6) is 0 Å². The van der Waals surface area contributed by atoms with Crippen molar-refractivity contribution in [3.05, 3.63) is 53.0 Å². The number of hydrogen-bond acceptors (Lipinski definition) is 7. The van der Waals surface area contributed by atoms with Crippen molar-refractivity contribution in [3.63, 3.8) is 0 Å². The zero-order valence-corrected chi connectivity index (χ0v) is 16.3. The van der Waals surface area contributed by atoms with E-state index in [4.69, 9.17) is 9.05 Å². The van der Waals surface area contributed by atoms with Gasteiger partial charge < -0.3 is 13.9 Å². The van der Waals surface area contributed by atoms with Crippen molar-refractivity contribution in [1.29, 1.82) is 0 Å². The summed E-state index contributed by atoms with van der Waals surface area (Å²) in [5.74, 6) is 2.06. The van der Waals surface area contributed by atoms with E-state index < -0.39 is 0 Å². The quantitative estimate of drug-likeness (QED) is 0.686. The van der Waals surface area contributed by atoms with E-state index in [1.54, 1.807) is 6.92 Å². The van der Waals surface area contributed by atoms with Gasteiger partial charge in [-0.3, -0.25) is 9.69 Å². The van der Waals surface area contributed by atoms with E-state index in [1.807, 2.05) is 43.0 Å². The number of carbonyl (C=O) groups is 1. The number of benzene rings is 1. The third-order valence-electron chi connectivity index (χ3n) is 5.03. The minimum atomic E-state index is 0.0451. The second kappa shape index (κ2) is 7.55. The number of amides is 1. The average Bonchev–Trinajstić information content (AvgIpc) is 3.26. The van der Waals surface area contributed by atoms with Crippen LogP contribution in [0.1, 0.15) is 33.5 Å². The third-order valence-corrected chi connectivity index (χ3v) is 5.03. The molecule has 1 aliphatic heterocycles.